The van der Waals surface area contributed by atoms with Crippen LogP contribution in [-0.2, 0) is 11.3 Å². The number of hydrogen-bond donors (Lipinski definition) is 0. The predicted octanol–water partition coefficient (Wildman–Crippen LogP) is 4.19. The maximum atomic E-state index is 12.5. The highest BCUT2D eigenvalue weighted by Gasteiger charge is 2.54. The lowest BCUT2D eigenvalue weighted by Crippen LogP contribution is -2.26. The van der Waals surface area contributed by atoms with E-state index in [2.05, 4.69) is 14.7 Å². The third kappa shape index (κ3) is 3.66. The van der Waals surface area contributed by atoms with Crippen LogP contribution >= 0.6 is 11.6 Å². The smallest absolute Gasteiger partial charge is 0.410 e. The summed E-state index contributed by atoms with van der Waals surface area (Å²) < 4.78 is 34.9. The van der Waals surface area contributed by atoms with E-state index in [-0.39, 0.29) is 29.0 Å². The topological polar surface area (TPSA) is 64.6 Å². The molecule has 1 amide bonds. The van der Waals surface area contributed by atoms with Gasteiger partial charge in [-0.1, -0.05) is 17.7 Å². The predicted molar refractivity (Wildman–Crippen MR) is 92.7 cm³/mol. The minimum atomic E-state index is -2.98. The minimum Gasteiger partial charge on any atom is -0.441 e. The number of alkyl halides is 2. The SMILES string of the molecule is Cc1ncc(-c2ccc(Cl)c(OC(F)F)c2)nc1CN1CC2(CC2)OC1=O. The summed E-state index contributed by atoms with van der Waals surface area (Å²) in [5, 5.41) is 0.0777. The van der Waals surface area contributed by atoms with Gasteiger partial charge in [0.25, 0.3) is 0 Å². The molecule has 0 radical (unpaired) electrons. The summed E-state index contributed by atoms with van der Waals surface area (Å²) in [6.45, 7) is -0.354. The van der Waals surface area contributed by atoms with Crippen LogP contribution in [0.1, 0.15) is 24.2 Å². The van der Waals surface area contributed by atoms with Gasteiger partial charge in [-0.2, -0.15) is 8.78 Å². The van der Waals surface area contributed by atoms with Crippen molar-refractivity contribution in [2.24, 2.45) is 0 Å². The quantitative estimate of drug-likeness (QED) is 0.759. The normalized spacial score (nSPS) is 17.5. The Morgan fingerprint density at radius 3 is 2.85 bits per heavy atom. The first kappa shape index (κ1) is 17.9. The van der Waals surface area contributed by atoms with Crippen LogP contribution < -0.4 is 4.74 Å². The van der Waals surface area contributed by atoms with Crippen LogP contribution in [0.25, 0.3) is 11.3 Å². The van der Waals surface area contributed by atoms with Gasteiger partial charge in [0.2, 0.25) is 0 Å². The first-order valence-corrected chi connectivity index (χ1v) is 8.78. The lowest BCUT2D eigenvalue weighted by molar-refractivity contribution is -0.0497. The van der Waals surface area contributed by atoms with Crippen molar-refractivity contribution in [2.45, 2.75) is 38.5 Å². The third-order valence-electron chi connectivity index (χ3n) is 4.69. The van der Waals surface area contributed by atoms with Crippen LogP contribution in [0.5, 0.6) is 5.75 Å². The molecule has 2 aromatic rings. The molecule has 1 spiro atoms. The first-order chi connectivity index (χ1) is 12.8. The molecule has 1 saturated heterocycles. The highest BCUT2D eigenvalue weighted by molar-refractivity contribution is 6.32. The Balaban J connectivity index is 1.60. The number of carbonyl (C=O) groups is 1. The van der Waals surface area contributed by atoms with Crippen LogP contribution in [0.4, 0.5) is 13.6 Å². The number of carbonyl (C=O) groups excluding carboxylic acids is 1. The summed E-state index contributed by atoms with van der Waals surface area (Å²) in [5.74, 6) is -0.133. The molecule has 9 heteroatoms. The van der Waals surface area contributed by atoms with Gasteiger partial charge in [0.15, 0.2) is 0 Å². The molecule has 1 saturated carbocycles. The van der Waals surface area contributed by atoms with Crippen LogP contribution in [0.2, 0.25) is 5.02 Å². The molecule has 2 fully saturated rings. The van der Waals surface area contributed by atoms with Crippen LogP contribution in [0.15, 0.2) is 24.4 Å². The molecule has 6 nitrogen and oxygen atoms in total. The molecule has 142 valence electrons. The minimum absolute atomic E-state index is 0.0777. The van der Waals surface area contributed by atoms with Gasteiger partial charge in [0, 0.05) is 5.56 Å². The zero-order valence-electron chi connectivity index (χ0n) is 14.4. The molecule has 1 aliphatic carbocycles. The largest absolute Gasteiger partial charge is 0.441 e. The number of nitrogens with zero attached hydrogens (tertiary/aromatic N) is 3. The number of amides is 1. The number of benzene rings is 1. The molecule has 0 unspecified atom stereocenters. The van der Waals surface area contributed by atoms with E-state index >= 15 is 0 Å². The maximum Gasteiger partial charge on any atom is 0.410 e. The molecule has 2 heterocycles. The molecule has 0 bridgehead atoms. The van der Waals surface area contributed by atoms with Gasteiger partial charge in [0.1, 0.15) is 11.4 Å². The van der Waals surface area contributed by atoms with E-state index in [0.717, 1.165) is 12.8 Å². The average Bonchev–Trinajstić information content (AvgIpc) is 3.28. The fraction of sp³-hybridized carbons (Fsp3) is 0.389. The monoisotopic (exact) mass is 395 g/mol. The number of rotatable bonds is 5. The van der Waals surface area contributed by atoms with Crippen molar-refractivity contribution in [3.63, 3.8) is 0 Å². The van der Waals surface area contributed by atoms with E-state index < -0.39 is 6.61 Å². The highest BCUT2D eigenvalue weighted by atomic mass is 35.5. The van der Waals surface area contributed by atoms with E-state index in [1.54, 1.807) is 24.1 Å². The molecular formula is C18H16ClF2N3O3. The van der Waals surface area contributed by atoms with Crippen molar-refractivity contribution in [3.05, 3.63) is 40.8 Å². The number of halogens is 3. The zero-order chi connectivity index (χ0) is 19.2. The fourth-order valence-corrected chi connectivity index (χ4v) is 3.18. The summed E-state index contributed by atoms with van der Waals surface area (Å²) in [5.41, 5.74) is 1.99. The zero-order valence-corrected chi connectivity index (χ0v) is 15.2. The van der Waals surface area contributed by atoms with Crippen molar-refractivity contribution < 1.29 is 23.0 Å². The molecule has 0 N–H and O–H groups in total. The van der Waals surface area contributed by atoms with Crippen LogP contribution in [-0.4, -0.2) is 39.7 Å². The van der Waals surface area contributed by atoms with E-state index in [9.17, 15) is 13.6 Å². The maximum absolute atomic E-state index is 12.5. The Morgan fingerprint density at radius 1 is 1.41 bits per heavy atom. The molecular weight excluding hydrogens is 380 g/mol. The van der Waals surface area contributed by atoms with Crippen molar-refractivity contribution in [3.8, 4) is 17.0 Å². The summed E-state index contributed by atoms with van der Waals surface area (Å²) >= 11 is 5.89. The number of ether oxygens (including phenoxy) is 2. The molecule has 1 aliphatic heterocycles. The van der Waals surface area contributed by atoms with E-state index in [0.29, 0.717) is 29.2 Å². The van der Waals surface area contributed by atoms with E-state index in [1.165, 1.54) is 12.1 Å². The first-order valence-electron chi connectivity index (χ1n) is 8.40. The van der Waals surface area contributed by atoms with Gasteiger partial charge in [0.05, 0.1) is 41.4 Å². The third-order valence-corrected chi connectivity index (χ3v) is 5.00. The Morgan fingerprint density at radius 2 is 2.19 bits per heavy atom. The van der Waals surface area contributed by atoms with Crippen LogP contribution in [0, 0.1) is 6.92 Å². The second-order valence-electron chi connectivity index (χ2n) is 6.72. The second kappa shape index (κ2) is 6.60. The lowest BCUT2D eigenvalue weighted by atomic mass is 10.1. The number of aromatic nitrogens is 2. The highest BCUT2D eigenvalue weighted by Crippen LogP contribution is 2.44. The second-order valence-corrected chi connectivity index (χ2v) is 7.13. The summed E-state index contributed by atoms with van der Waals surface area (Å²) in [7, 11) is 0. The van der Waals surface area contributed by atoms with Crippen molar-refractivity contribution in [1.29, 1.82) is 0 Å². The molecule has 1 aromatic carbocycles. The van der Waals surface area contributed by atoms with E-state index in [4.69, 9.17) is 16.3 Å². The summed E-state index contributed by atoms with van der Waals surface area (Å²) in [6.07, 6.45) is 2.96. The van der Waals surface area contributed by atoms with Crippen molar-refractivity contribution in [2.75, 3.05) is 6.54 Å². The Hall–Kier alpha value is -2.48. The standard InChI is InChI=1S/C18H16ClF2N3O3/c1-10-14(8-24-9-18(4-5-18)27-17(24)25)23-13(7-22-10)11-2-3-12(19)15(6-11)26-16(20)21/h2-3,6-7,16H,4-5,8-9H2,1H3. The van der Waals surface area contributed by atoms with Crippen molar-refractivity contribution >= 4 is 17.7 Å². The van der Waals surface area contributed by atoms with Gasteiger partial charge in [-0.15, -0.1) is 0 Å². The molecule has 1 aromatic heterocycles. The Labute approximate surface area is 159 Å². The van der Waals surface area contributed by atoms with Gasteiger partial charge in [-0.25, -0.2) is 9.78 Å². The van der Waals surface area contributed by atoms with Gasteiger partial charge in [-0.3, -0.25) is 9.88 Å². The Kier molecular flexibility index (Phi) is 4.38. The van der Waals surface area contributed by atoms with Crippen molar-refractivity contribution in [1.82, 2.24) is 14.9 Å². The Bertz CT molecular complexity index is 905. The molecule has 0 atom stereocenters. The van der Waals surface area contributed by atoms with Gasteiger partial charge >= 0.3 is 12.7 Å². The fourth-order valence-electron chi connectivity index (χ4n) is 3.02. The molecule has 4 rings (SSSR count). The summed E-state index contributed by atoms with van der Waals surface area (Å²) in [4.78, 5) is 22.5. The van der Waals surface area contributed by atoms with Gasteiger partial charge in [-0.05, 0) is 31.9 Å². The molecule has 2 aliphatic rings. The molecule has 27 heavy (non-hydrogen) atoms. The number of aryl methyl sites for hydroxylation is 1. The van der Waals surface area contributed by atoms with Crippen LogP contribution in [0.3, 0.4) is 0 Å². The van der Waals surface area contributed by atoms with Gasteiger partial charge < -0.3 is 9.47 Å². The average molecular weight is 396 g/mol. The summed E-state index contributed by atoms with van der Waals surface area (Å²) in [6, 6.07) is 4.50. The lowest BCUT2D eigenvalue weighted by Gasteiger charge is -2.15. The number of hydrogen-bond acceptors (Lipinski definition) is 5. The van der Waals surface area contributed by atoms with E-state index in [1.807, 2.05) is 0 Å².